The van der Waals surface area contributed by atoms with E-state index in [-0.39, 0.29) is 6.04 Å². The molecule has 1 saturated carbocycles. The number of hydrogen-bond acceptors (Lipinski definition) is 3. The third-order valence-corrected chi connectivity index (χ3v) is 4.64. The molecule has 2 atom stereocenters. The first kappa shape index (κ1) is 12.9. The van der Waals surface area contributed by atoms with Crippen molar-refractivity contribution in [1.29, 1.82) is 0 Å². The third kappa shape index (κ3) is 2.77. The molecule has 0 bridgehead atoms. The molecule has 1 saturated heterocycles. The maximum absolute atomic E-state index is 10.6. The van der Waals surface area contributed by atoms with E-state index in [1.807, 2.05) is 30.3 Å². The second kappa shape index (κ2) is 5.93. The minimum absolute atomic E-state index is 0.259. The topological polar surface area (TPSA) is 26.7 Å². The number of nitrogens with zero attached hydrogens (tertiary/aromatic N) is 2. The number of likely N-dealkylation sites (tertiary alicyclic amines) is 1. The van der Waals surface area contributed by atoms with Crippen LogP contribution in [0.4, 0.5) is 5.69 Å². The van der Waals surface area contributed by atoms with Crippen LogP contribution in [0.1, 0.15) is 38.5 Å². The van der Waals surface area contributed by atoms with Crippen LogP contribution in [0.25, 0.3) is 0 Å². The molecule has 19 heavy (non-hydrogen) atoms. The average molecular weight is 260 g/mol. The van der Waals surface area contributed by atoms with Gasteiger partial charge in [0.05, 0.1) is 11.7 Å². The van der Waals surface area contributed by atoms with Crippen LogP contribution in [-0.2, 0) is 0 Å². The maximum Gasteiger partial charge on any atom is 0.0718 e. The Hall–Kier alpha value is -1.06. The summed E-state index contributed by atoms with van der Waals surface area (Å²) in [7, 11) is 0. The van der Waals surface area contributed by atoms with E-state index >= 15 is 0 Å². The number of para-hydroxylation sites is 1. The van der Waals surface area contributed by atoms with Gasteiger partial charge in [-0.25, -0.2) is 0 Å². The van der Waals surface area contributed by atoms with Gasteiger partial charge in [0.1, 0.15) is 0 Å². The van der Waals surface area contributed by atoms with Crippen molar-refractivity contribution in [2.45, 2.75) is 50.6 Å². The molecule has 3 heteroatoms. The SMILES string of the molecule is ON(c1ccccc1)C1CCCCC1N1CCCC1. The summed E-state index contributed by atoms with van der Waals surface area (Å²) in [5, 5.41) is 12.1. The summed E-state index contributed by atoms with van der Waals surface area (Å²) in [6, 6.07) is 10.8. The summed E-state index contributed by atoms with van der Waals surface area (Å²) in [5.41, 5.74) is 0.929. The molecule has 2 aliphatic rings. The third-order valence-electron chi connectivity index (χ3n) is 4.64. The van der Waals surface area contributed by atoms with Gasteiger partial charge in [0, 0.05) is 6.04 Å². The number of hydroxylamine groups is 1. The molecule has 3 rings (SSSR count). The van der Waals surface area contributed by atoms with E-state index < -0.39 is 0 Å². The van der Waals surface area contributed by atoms with Crippen LogP contribution in [0.3, 0.4) is 0 Å². The Morgan fingerprint density at radius 1 is 0.947 bits per heavy atom. The van der Waals surface area contributed by atoms with Gasteiger partial charge in [-0.05, 0) is 50.9 Å². The smallest absolute Gasteiger partial charge is 0.0718 e. The Kier molecular flexibility index (Phi) is 4.04. The number of anilines is 1. The molecule has 1 heterocycles. The number of benzene rings is 1. The second-order valence-electron chi connectivity index (χ2n) is 5.84. The Bertz CT molecular complexity index is 389. The molecular formula is C16H24N2O. The van der Waals surface area contributed by atoms with Crippen LogP contribution in [0.15, 0.2) is 30.3 Å². The minimum atomic E-state index is 0.259. The van der Waals surface area contributed by atoms with Crippen LogP contribution < -0.4 is 5.06 Å². The van der Waals surface area contributed by atoms with Crippen LogP contribution in [0.2, 0.25) is 0 Å². The predicted molar refractivity (Wildman–Crippen MR) is 77.6 cm³/mol. The highest BCUT2D eigenvalue weighted by atomic mass is 16.5. The monoisotopic (exact) mass is 260 g/mol. The zero-order valence-corrected chi connectivity index (χ0v) is 11.5. The fourth-order valence-electron chi connectivity index (χ4n) is 3.65. The lowest BCUT2D eigenvalue weighted by atomic mass is 9.88. The molecule has 2 fully saturated rings. The summed E-state index contributed by atoms with van der Waals surface area (Å²) in [4.78, 5) is 2.59. The first-order valence-electron chi connectivity index (χ1n) is 7.63. The quantitative estimate of drug-likeness (QED) is 0.845. The highest BCUT2D eigenvalue weighted by Crippen LogP contribution is 2.31. The first-order valence-corrected chi connectivity index (χ1v) is 7.63. The van der Waals surface area contributed by atoms with Gasteiger partial charge in [0.15, 0.2) is 0 Å². The predicted octanol–water partition coefficient (Wildman–Crippen LogP) is 3.29. The van der Waals surface area contributed by atoms with Gasteiger partial charge in [-0.1, -0.05) is 31.0 Å². The molecule has 0 radical (unpaired) electrons. The summed E-state index contributed by atoms with van der Waals surface area (Å²) >= 11 is 0. The highest BCUT2D eigenvalue weighted by molar-refractivity contribution is 5.44. The zero-order chi connectivity index (χ0) is 13.1. The average Bonchev–Trinajstić information content (AvgIpc) is 3.01. The van der Waals surface area contributed by atoms with Crippen LogP contribution in [-0.4, -0.2) is 35.3 Å². The van der Waals surface area contributed by atoms with Crippen molar-refractivity contribution in [2.24, 2.45) is 0 Å². The van der Waals surface area contributed by atoms with Crippen molar-refractivity contribution in [1.82, 2.24) is 4.90 Å². The second-order valence-corrected chi connectivity index (χ2v) is 5.84. The fourth-order valence-corrected chi connectivity index (χ4v) is 3.65. The fraction of sp³-hybridized carbons (Fsp3) is 0.625. The van der Waals surface area contributed by atoms with E-state index in [1.165, 1.54) is 50.3 Å². The van der Waals surface area contributed by atoms with Crippen molar-refractivity contribution in [3.05, 3.63) is 30.3 Å². The molecule has 104 valence electrons. The van der Waals surface area contributed by atoms with Crippen LogP contribution in [0, 0.1) is 0 Å². The molecule has 0 aromatic heterocycles. The highest BCUT2D eigenvalue weighted by Gasteiger charge is 2.35. The standard InChI is InChI=1S/C16H24N2O/c19-18(14-8-2-1-3-9-14)16-11-5-4-10-15(16)17-12-6-7-13-17/h1-3,8-9,15-16,19H,4-7,10-13H2. The van der Waals surface area contributed by atoms with Gasteiger partial charge in [-0.15, -0.1) is 0 Å². The summed E-state index contributed by atoms with van der Waals surface area (Å²) < 4.78 is 0. The van der Waals surface area contributed by atoms with Gasteiger partial charge in [-0.2, -0.15) is 0 Å². The van der Waals surface area contributed by atoms with E-state index in [0.717, 1.165) is 12.1 Å². The summed E-state index contributed by atoms with van der Waals surface area (Å²) in [6.07, 6.45) is 7.51. The van der Waals surface area contributed by atoms with Crippen molar-refractivity contribution < 1.29 is 5.21 Å². The Morgan fingerprint density at radius 2 is 1.63 bits per heavy atom. The molecule has 1 N–H and O–H groups in total. The Morgan fingerprint density at radius 3 is 2.37 bits per heavy atom. The summed E-state index contributed by atoms with van der Waals surface area (Å²) in [5.74, 6) is 0. The van der Waals surface area contributed by atoms with E-state index in [1.54, 1.807) is 0 Å². The van der Waals surface area contributed by atoms with Crippen molar-refractivity contribution >= 4 is 5.69 Å². The van der Waals surface area contributed by atoms with Crippen LogP contribution in [0.5, 0.6) is 0 Å². The lowest BCUT2D eigenvalue weighted by Crippen LogP contribution is -2.51. The molecule has 1 aromatic rings. The van der Waals surface area contributed by atoms with E-state index in [4.69, 9.17) is 0 Å². The molecule has 1 aliphatic carbocycles. The van der Waals surface area contributed by atoms with Gasteiger partial charge in [0.2, 0.25) is 0 Å². The Balaban J connectivity index is 1.76. The maximum atomic E-state index is 10.6. The zero-order valence-electron chi connectivity index (χ0n) is 11.5. The minimum Gasteiger partial charge on any atom is -0.298 e. The summed E-state index contributed by atoms with van der Waals surface area (Å²) in [6.45, 7) is 2.42. The molecule has 2 unspecified atom stereocenters. The van der Waals surface area contributed by atoms with Gasteiger partial charge in [0.25, 0.3) is 0 Å². The molecule has 3 nitrogen and oxygen atoms in total. The molecule has 1 aliphatic heterocycles. The van der Waals surface area contributed by atoms with Gasteiger partial charge in [-0.3, -0.25) is 15.2 Å². The van der Waals surface area contributed by atoms with E-state index in [0.29, 0.717) is 6.04 Å². The largest absolute Gasteiger partial charge is 0.298 e. The van der Waals surface area contributed by atoms with Crippen molar-refractivity contribution in [3.63, 3.8) is 0 Å². The Labute approximate surface area is 115 Å². The van der Waals surface area contributed by atoms with Crippen LogP contribution >= 0.6 is 0 Å². The molecule has 1 aromatic carbocycles. The first-order chi connectivity index (χ1) is 9.36. The van der Waals surface area contributed by atoms with Gasteiger partial charge >= 0.3 is 0 Å². The molecule has 0 spiro atoms. The van der Waals surface area contributed by atoms with E-state index in [9.17, 15) is 5.21 Å². The lowest BCUT2D eigenvalue weighted by molar-refractivity contribution is 0.101. The molecular weight excluding hydrogens is 236 g/mol. The van der Waals surface area contributed by atoms with Crippen molar-refractivity contribution in [3.8, 4) is 0 Å². The lowest BCUT2D eigenvalue weighted by Gasteiger charge is -2.42. The van der Waals surface area contributed by atoms with E-state index in [2.05, 4.69) is 4.90 Å². The van der Waals surface area contributed by atoms with Crippen molar-refractivity contribution in [2.75, 3.05) is 18.2 Å². The number of rotatable bonds is 3. The number of hydrogen-bond donors (Lipinski definition) is 1. The normalized spacial score (nSPS) is 28.5. The van der Waals surface area contributed by atoms with Gasteiger partial charge < -0.3 is 0 Å². The molecule has 0 amide bonds.